The molecule has 0 amide bonds. The minimum absolute atomic E-state index is 0.0434. The number of carbonyl (C=O) groups excluding carboxylic acids is 1. The number of carbonyl (C=O) groups is 1. The number of aromatic nitrogens is 2. The Kier molecular flexibility index (Phi) is 4.85. The first-order valence-electron chi connectivity index (χ1n) is 7.76. The quantitative estimate of drug-likeness (QED) is 0.483. The number of furan rings is 1. The van der Waals surface area contributed by atoms with Gasteiger partial charge in [0, 0.05) is 5.56 Å². The highest BCUT2D eigenvalue weighted by molar-refractivity contribution is 8.00. The summed E-state index contributed by atoms with van der Waals surface area (Å²) in [6.07, 6.45) is 2.53. The Morgan fingerprint density at radius 2 is 1.96 bits per heavy atom. The molecule has 0 unspecified atom stereocenters. The number of ketones is 1. The Labute approximate surface area is 144 Å². The van der Waals surface area contributed by atoms with Gasteiger partial charge < -0.3 is 8.83 Å². The Morgan fingerprint density at radius 1 is 1.21 bits per heavy atom. The van der Waals surface area contributed by atoms with E-state index in [1.165, 1.54) is 17.3 Å². The zero-order valence-electron chi connectivity index (χ0n) is 13.8. The Hall–Kier alpha value is -2.34. The van der Waals surface area contributed by atoms with Crippen molar-refractivity contribution < 1.29 is 13.6 Å². The van der Waals surface area contributed by atoms with Crippen molar-refractivity contribution in [3.63, 3.8) is 0 Å². The molecule has 0 saturated carbocycles. The largest absolute Gasteiger partial charge is 0.469 e. The van der Waals surface area contributed by atoms with E-state index in [0.717, 1.165) is 17.7 Å². The van der Waals surface area contributed by atoms with E-state index in [2.05, 4.69) is 17.1 Å². The summed E-state index contributed by atoms with van der Waals surface area (Å²) in [4.78, 5) is 12.5. The zero-order chi connectivity index (χ0) is 17.1. The van der Waals surface area contributed by atoms with Crippen LogP contribution >= 0.6 is 11.8 Å². The van der Waals surface area contributed by atoms with E-state index in [-0.39, 0.29) is 11.0 Å². The van der Waals surface area contributed by atoms with Crippen molar-refractivity contribution in [2.24, 2.45) is 0 Å². The zero-order valence-corrected chi connectivity index (χ0v) is 14.6. The number of rotatable bonds is 6. The van der Waals surface area contributed by atoms with Gasteiger partial charge in [-0.05, 0) is 31.9 Å². The van der Waals surface area contributed by atoms with E-state index in [0.29, 0.717) is 16.7 Å². The van der Waals surface area contributed by atoms with Gasteiger partial charge in [0.25, 0.3) is 11.1 Å². The molecule has 2 aromatic heterocycles. The minimum Gasteiger partial charge on any atom is -0.469 e. The van der Waals surface area contributed by atoms with Crippen LogP contribution in [-0.4, -0.2) is 21.2 Å². The molecule has 3 rings (SSSR count). The molecule has 0 fully saturated rings. The number of benzene rings is 1. The topological polar surface area (TPSA) is 69.1 Å². The second-order valence-corrected chi connectivity index (χ2v) is 6.73. The average molecular weight is 342 g/mol. The number of hydrogen-bond acceptors (Lipinski definition) is 6. The molecule has 0 spiro atoms. The predicted molar refractivity (Wildman–Crippen MR) is 92.2 cm³/mol. The van der Waals surface area contributed by atoms with E-state index < -0.39 is 0 Å². The smallest absolute Gasteiger partial charge is 0.277 e. The molecule has 0 bridgehead atoms. The molecule has 0 N–H and O–H groups in total. The second kappa shape index (κ2) is 7.05. The molecule has 2 heterocycles. The van der Waals surface area contributed by atoms with Crippen LogP contribution in [0, 0.1) is 6.92 Å². The van der Waals surface area contributed by atoms with Gasteiger partial charge in [0.2, 0.25) is 0 Å². The molecule has 0 aliphatic carbocycles. The summed E-state index contributed by atoms with van der Waals surface area (Å²) in [5.41, 5.74) is 2.67. The van der Waals surface area contributed by atoms with E-state index in [1.54, 1.807) is 12.3 Å². The van der Waals surface area contributed by atoms with Gasteiger partial charge in [-0.25, -0.2) is 0 Å². The highest BCUT2D eigenvalue weighted by Crippen LogP contribution is 2.29. The van der Waals surface area contributed by atoms with Gasteiger partial charge >= 0.3 is 0 Å². The summed E-state index contributed by atoms with van der Waals surface area (Å²) < 4.78 is 10.9. The molecule has 5 nitrogen and oxygen atoms in total. The SMILES string of the molecule is CCc1ccc(C(=O)[C@H](C)Sc2nnc(-c3ccoc3C)o2)cc1. The predicted octanol–water partition coefficient (Wildman–Crippen LogP) is 4.56. The minimum atomic E-state index is -0.309. The third kappa shape index (κ3) is 3.43. The van der Waals surface area contributed by atoms with Crippen LogP contribution in [0.15, 0.2) is 50.7 Å². The summed E-state index contributed by atoms with van der Waals surface area (Å²) in [7, 11) is 0. The van der Waals surface area contributed by atoms with Crippen LogP contribution in [0.2, 0.25) is 0 Å². The summed E-state index contributed by atoms with van der Waals surface area (Å²) in [5, 5.41) is 8.09. The highest BCUT2D eigenvalue weighted by Gasteiger charge is 2.20. The van der Waals surface area contributed by atoms with Gasteiger partial charge in [0.05, 0.1) is 17.1 Å². The summed E-state index contributed by atoms with van der Waals surface area (Å²) in [6.45, 7) is 5.76. The number of thioether (sulfide) groups is 1. The van der Waals surface area contributed by atoms with Gasteiger partial charge in [-0.15, -0.1) is 10.2 Å². The van der Waals surface area contributed by atoms with Gasteiger partial charge in [-0.2, -0.15) is 0 Å². The van der Waals surface area contributed by atoms with Crippen molar-refractivity contribution in [1.29, 1.82) is 0 Å². The number of nitrogens with zero attached hydrogens (tertiary/aromatic N) is 2. The van der Waals surface area contributed by atoms with Crippen molar-refractivity contribution in [3.8, 4) is 11.5 Å². The molecule has 0 saturated heterocycles. The maximum Gasteiger partial charge on any atom is 0.277 e. The molecule has 24 heavy (non-hydrogen) atoms. The number of aryl methyl sites for hydroxylation is 2. The lowest BCUT2D eigenvalue weighted by Crippen LogP contribution is -2.13. The van der Waals surface area contributed by atoms with Crippen LogP contribution in [0.25, 0.3) is 11.5 Å². The third-order valence-electron chi connectivity index (χ3n) is 3.79. The first-order chi connectivity index (χ1) is 11.6. The lowest BCUT2D eigenvalue weighted by molar-refractivity contribution is 0.0993. The molecule has 0 aliphatic heterocycles. The molecule has 124 valence electrons. The Bertz CT molecular complexity index is 836. The third-order valence-corrected chi connectivity index (χ3v) is 4.72. The van der Waals surface area contributed by atoms with Crippen LogP contribution in [0.4, 0.5) is 0 Å². The first kappa shape index (κ1) is 16.5. The highest BCUT2D eigenvalue weighted by atomic mass is 32.2. The van der Waals surface area contributed by atoms with E-state index in [9.17, 15) is 4.79 Å². The van der Waals surface area contributed by atoms with E-state index >= 15 is 0 Å². The van der Waals surface area contributed by atoms with Crippen LogP contribution in [0.1, 0.15) is 35.5 Å². The van der Waals surface area contributed by atoms with E-state index in [1.807, 2.05) is 38.1 Å². The molecular formula is C18H18N2O3S. The second-order valence-electron chi connectivity index (χ2n) is 5.44. The Balaban J connectivity index is 1.70. The van der Waals surface area contributed by atoms with Crippen LogP contribution in [-0.2, 0) is 6.42 Å². The summed E-state index contributed by atoms with van der Waals surface area (Å²) in [6, 6.07) is 9.48. The van der Waals surface area contributed by atoms with Gasteiger partial charge in [0.1, 0.15) is 5.76 Å². The van der Waals surface area contributed by atoms with Crippen LogP contribution < -0.4 is 0 Å². The van der Waals surface area contributed by atoms with E-state index in [4.69, 9.17) is 8.83 Å². The molecular weight excluding hydrogens is 324 g/mol. The van der Waals surface area contributed by atoms with Gasteiger partial charge in [0.15, 0.2) is 5.78 Å². The molecule has 6 heteroatoms. The molecule has 0 radical (unpaired) electrons. The fraction of sp³-hybridized carbons (Fsp3) is 0.278. The normalized spacial score (nSPS) is 12.3. The molecule has 1 atom stereocenters. The van der Waals surface area contributed by atoms with Crippen molar-refractivity contribution >= 4 is 17.5 Å². The number of Topliss-reactive ketones (excluding diaryl/α,β-unsaturated/α-hetero) is 1. The van der Waals surface area contributed by atoms with Crippen LogP contribution in [0.5, 0.6) is 0 Å². The number of hydrogen-bond donors (Lipinski definition) is 0. The standard InChI is InChI=1S/C18H18N2O3S/c1-4-13-5-7-14(8-6-13)16(21)12(3)24-18-20-19-17(23-18)15-9-10-22-11(15)2/h5-10,12H,4H2,1-3H3/t12-/m0/s1. The van der Waals surface area contributed by atoms with Gasteiger partial charge in [-0.1, -0.05) is 43.0 Å². The summed E-state index contributed by atoms with van der Waals surface area (Å²) >= 11 is 1.26. The van der Waals surface area contributed by atoms with Crippen molar-refractivity contribution in [3.05, 3.63) is 53.5 Å². The molecule has 0 aliphatic rings. The molecule has 3 aromatic rings. The maximum absolute atomic E-state index is 12.5. The Morgan fingerprint density at radius 3 is 2.58 bits per heavy atom. The maximum atomic E-state index is 12.5. The summed E-state index contributed by atoms with van der Waals surface area (Å²) in [5.74, 6) is 1.16. The first-order valence-corrected chi connectivity index (χ1v) is 8.64. The van der Waals surface area contributed by atoms with Gasteiger partial charge in [-0.3, -0.25) is 4.79 Å². The lowest BCUT2D eigenvalue weighted by atomic mass is 10.1. The van der Waals surface area contributed by atoms with Crippen molar-refractivity contribution in [2.75, 3.05) is 0 Å². The van der Waals surface area contributed by atoms with Crippen molar-refractivity contribution in [1.82, 2.24) is 10.2 Å². The molecule has 1 aromatic carbocycles. The monoisotopic (exact) mass is 342 g/mol. The average Bonchev–Trinajstić information content (AvgIpc) is 3.22. The van der Waals surface area contributed by atoms with Crippen molar-refractivity contribution in [2.45, 2.75) is 37.7 Å². The fourth-order valence-corrected chi connectivity index (χ4v) is 3.08. The lowest BCUT2D eigenvalue weighted by Gasteiger charge is -2.08. The fourth-order valence-electron chi connectivity index (χ4n) is 2.32. The van der Waals surface area contributed by atoms with Crippen LogP contribution in [0.3, 0.4) is 0 Å².